The summed E-state index contributed by atoms with van der Waals surface area (Å²) in [5.74, 6) is -0.107. The van der Waals surface area contributed by atoms with Crippen LogP contribution in [0.25, 0.3) is 0 Å². The molecule has 3 atom stereocenters. The number of halogens is 1. The van der Waals surface area contributed by atoms with Gasteiger partial charge in [-0.25, -0.2) is 4.39 Å². The first kappa shape index (κ1) is 11.6. The molecule has 2 heterocycles. The molecule has 0 aromatic carbocycles. The van der Waals surface area contributed by atoms with Crippen LogP contribution in [-0.4, -0.2) is 40.1 Å². The summed E-state index contributed by atoms with van der Waals surface area (Å²) in [4.78, 5) is 17.6. The van der Waals surface area contributed by atoms with Crippen LogP contribution in [0.2, 0.25) is 0 Å². The number of pyridine rings is 1. The van der Waals surface area contributed by atoms with Crippen LogP contribution in [0.1, 0.15) is 23.2 Å². The van der Waals surface area contributed by atoms with E-state index in [1.165, 1.54) is 12.3 Å². The fourth-order valence-electron chi connectivity index (χ4n) is 3.11. The predicted octanol–water partition coefficient (Wildman–Crippen LogP) is 1.06. The lowest BCUT2D eigenvalue weighted by Crippen LogP contribution is -2.31. The van der Waals surface area contributed by atoms with E-state index < -0.39 is 5.82 Å². The molecule has 1 aromatic heterocycles. The Morgan fingerprint density at radius 1 is 1.39 bits per heavy atom. The SMILES string of the molecule is O=C(c1cncc(F)c1)N1CC2CCC(O)C2C1. The van der Waals surface area contributed by atoms with Gasteiger partial charge in [0.05, 0.1) is 17.9 Å². The van der Waals surface area contributed by atoms with Crippen LogP contribution >= 0.6 is 0 Å². The molecule has 1 aliphatic carbocycles. The number of hydrogen-bond donors (Lipinski definition) is 1. The Kier molecular flexibility index (Phi) is 2.78. The summed E-state index contributed by atoms with van der Waals surface area (Å²) in [7, 11) is 0. The molecule has 2 fully saturated rings. The number of hydrogen-bond acceptors (Lipinski definition) is 3. The van der Waals surface area contributed by atoms with Crippen LogP contribution in [0.5, 0.6) is 0 Å². The third kappa shape index (κ3) is 1.88. The normalized spacial score (nSPS) is 30.6. The van der Waals surface area contributed by atoms with E-state index in [1.54, 1.807) is 4.90 Å². The Balaban J connectivity index is 1.75. The predicted molar refractivity (Wildman–Crippen MR) is 62.3 cm³/mol. The highest BCUT2D eigenvalue weighted by atomic mass is 19.1. The number of aromatic nitrogens is 1. The van der Waals surface area contributed by atoms with Crippen molar-refractivity contribution in [3.63, 3.8) is 0 Å². The van der Waals surface area contributed by atoms with Gasteiger partial charge in [-0.2, -0.15) is 0 Å². The Bertz CT molecular complexity index is 480. The van der Waals surface area contributed by atoms with Crippen LogP contribution < -0.4 is 0 Å². The van der Waals surface area contributed by atoms with Crippen molar-refractivity contribution in [2.75, 3.05) is 13.1 Å². The van der Waals surface area contributed by atoms with Crippen molar-refractivity contribution in [3.8, 4) is 0 Å². The summed E-state index contributed by atoms with van der Waals surface area (Å²) >= 11 is 0. The van der Waals surface area contributed by atoms with Crippen molar-refractivity contribution in [1.29, 1.82) is 0 Å². The van der Waals surface area contributed by atoms with E-state index in [0.717, 1.165) is 19.0 Å². The van der Waals surface area contributed by atoms with Gasteiger partial charge in [0.1, 0.15) is 5.82 Å². The van der Waals surface area contributed by atoms with E-state index in [4.69, 9.17) is 0 Å². The topological polar surface area (TPSA) is 53.4 Å². The molecule has 3 unspecified atom stereocenters. The number of fused-ring (bicyclic) bond motifs is 1. The Hall–Kier alpha value is -1.49. The maximum atomic E-state index is 13.0. The van der Waals surface area contributed by atoms with Crippen molar-refractivity contribution in [2.24, 2.45) is 11.8 Å². The molecule has 1 amide bonds. The van der Waals surface area contributed by atoms with Gasteiger partial charge < -0.3 is 10.0 Å². The second kappa shape index (κ2) is 4.31. The van der Waals surface area contributed by atoms with Crippen molar-refractivity contribution >= 4 is 5.91 Å². The Labute approximate surface area is 104 Å². The van der Waals surface area contributed by atoms with E-state index in [9.17, 15) is 14.3 Å². The number of aliphatic hydroxyl groups is 1. The molecule has 1 aliphatic heterocycles. The highest BCUT2D eigenvalue weighted by Gasteiger charge is 2.43. The van der Waals surface area contributed by atoms with Gasteiger partial charge in [-0.15, -0.1) is 0 Å². The number of nitrogens with zero attached hydrogens (tertiary/aromatic N) is 2. The highest BCUT2D eigenvalue weighted by molar-refractivity contribution is 5.94. The second-order valence-electron chi connectivity index (χ2n) is 5.17. The maximum Gasteiger partial charge on any atom is 0.255 e. The van der Waals surface area contributed by atoms with Crippen LogP contribution in [0, 0.1) is 17.7 Å². The molecule has 1 aromatic rings. The standard InChI is InChI=1S/C13H15FN2O2/c14-10-3-9(4-15-5-10)13(18)16-6-8-1-2-12(17)11(8)7-16/h3-5,8,11-12,17H,1-2,6-7H2. The largest absolute Gasteiger partial charge is 0.393 e. The average Bonchev–Trinajstić information content (AvgIpc) is 2.91. The van der Waals surface area contributed by atoms with E-state index in [1.807, 2.05) is 0 Å². The molecule has 1 saturated heterocycles. The molecule has 0 radical (unpaired) electrons. The maximum absolute atomic E-state index is 13.0. The molecule has 18 heavy (non-hydrogen) atoms. The van der Waals surface area contributed by atoms with Gasteiger partial charge in [0, 0.05) is 25.2 Å². The zero-order valence-corrected chi connectivity index (χ0v) is 9.92. The average molecular weight is 250 g/mol. The van der Waals surface area contributed by atoms with Crippen molar-refractivity contribution < 1.29 is 14.3 Å². The van der Waals surface area contributed by atoms with Crippen LogP contribution in [0.4, 0.5) is 4.39 Å². The molecule has 1 saturated carbocycles. The van der Waals surface area contributed by atoms with E-state index in [-0.39, 0.29) is 23.5 Å². The minimum absolute atomic E-state index is 0.190. The number of aliphatic hydroxyl groups excluding tert-OH is 1. The minimum atomic E-state index is -0.500. The smallest absolute Gasteiger partial charge is 0.255 e. The van der Waals surface area contributed by atoms with E-state index >= 15 is 0 Å². The number of amides is 1. The lowest BCUT2D eigenvalue weighted by molar-refractivity contribution is 0.0751. The molecule has 2 aliphatic rings. The van der Waals surface area contributed by atoms with Crippen LogP contribution in [0.3, 0.4) is 0 Å². The third-order valence-electron chi connectivity index (χ3n) is 4.06. The van der Waals surface area contributed by atoms with Gasteiger partial charge in [0.15, 0.2) is 0 Å². The van der Waals surface area contributed by atoms with E-state index in [0.29, 0.717) is 19.0 Å². The lowest BCUT2D eigenvalue weighted by atomic mass is 10.00. The van der Waals surface area contributed by atoms with Gasteiger partial charge in [-0.3, -0.25) is 9.78 Å². The lowest BCUT2D eigenvalue weighted by Gasteiger charge is -2.18. The number of carbonyl (C=O) groups excluding carboxylic acids is 1. The molecule has 3 rings (SSSR count). The number of likely N-dealkylation sites (tertiary alicyclic amines) is 1. The molecule has 0 bridgehead atoms. The van der Waals surface area contributed by atoms with Crippen LogP contribution in [-0.2, 0) is 0 Å². The fraction of sp³-hybridized carbons (Fsp3) is 0.538. The molecular weight excluding hydrogens is 235 g/mol. The zero-order chi connectivity index (χ0) is 12.7. The van der Waals surface area contributed by atoms with Gasteiger partial charge in [0.2, 0.25) is 0 Å². The summed E-state index contributed by atoms with van der Waals surface area (Å²) in [5.41, 5.74) is 0.282. The monoisotopic (exact) mass is 250 g/mol. The summed E-state index contributed by atoms with van der Waals surface area (Å²) in [6.45, 7) is 1.23. The molecule has 4 nitrogen and oxygen atoms in total. The molecular formula is C13H15FN2O2. The Morgan fingerprint density at radius 2 is 2.22 bits per heavy atom. The quantitative estimate of drug-likeness (QED) is 0.811. The zero-order valence-electron chi connectivity index (χ0n) is 9.92. The summed E-state index contributed by atoms with van der Waals surface area (Å²) in [6.07, 6.45) is 3.98. The first-order chi connectivity index (χ1) is 8.65. The third-order valence-corrected chi connectivity index (χ3v) is 4.06. The Morgan fingerprint density at radius 3 is 2.94 bits per heavy atom. The summed E-state index contributed by atoms with van der Waals surface area (Å²) in [6, 6.07) is 1.21. The number of carbonyl (C=O) groups is 1. The molecule has 1 N–H and O–H groups in total. The summed E-state index contributed by atoms with van der Waals surface area (Å²) in [5, 5.41) is 9.80. The van der Waals surface area contributed by atoms with E-state index in [2.05, 4.69) is 4.98 Å². The van der Waals surface area contributed by atoms with Gasteiger partial charge >= 0.3 is 0 Å². The first-order valence-corrected chi connectivity index (χ1v) is 6.23. The number of rotatable bonds is 1. The van der Waals surface area contributed by atoms with Crippen molar-refractivity contribution in [3.05, 3.63) is 29.8 Å². The molecule has 5 heteroatoms. The van der Waals surface area contributed by atoms with Gasteiger partial charge in [-0.05, 0) is 24.8 Å². The van der Waals surface area contributed by atoms with Gasteiger partial charge in [-0.1, -0.05) is 0 Å². The minimum Gasteiger partial charge on any atom is -0.393 e. The first-order valence-electron chi connectivity index (χ1n) is 6.23. The fourth-order valence-corrected chi connectivity index (χ4v) is 3.11. The second-order valence-corrected chi connectivity index (χ2v) is 5.17. The van der Waals surface area contributed by atoms with Crippen molar-refractivity contribution in [1.82, 2.24) is 9.88 Å². The highest BCUT2D eigenvalue weighted by Crippen LogP contribution is 2.38. The van der Waals surface area contributed by atoms with Crippen molar-refractivity contribution in [2.45, 2.75) is 18.9 Å². The summed E-state index contributed by atoms with van der Waals surface area (Å²) < 4.78 is 13.0. The van der Waals surface area contributed by atoms with Crippen LogP contribution in [0.15, 0.2) is 18.5 Å². The van der Waals surface area contributed by atoms with Gasteiger partial charge in [0.25, 0.3) is 5.91 Å². The molecule has 96 valence electrons. The molecule has 0 spiro atoms.